The molecular formula is C18H26N2O. The number of anilines is 1. The normalized spacial score (nSPS) is 22.3. The number of rotatable bonds is 4. The zero-order valence-corrected chi connectivity index (χ0v) is 13.0. The van der Waals surface area contributed by atoms with E-state index in [4.69, 9.17) is 0 Å². The second kappa shape index (κ2) is 6.61. The maximum Gasteiger partial charge on any atom is 0.228 e. The predicted molar refractivity (Wildman–Crippen MR) is 86.6 cm³/mol. The molecule has 0 bridgehead atoms. The van der Waals surface area contributed by atoms with Crippen molar-refractivity contribution in [2.45, 2.75) is 64.0 Å². The van der Waals surface area contributed by atoms with Gasteiger partial charge in [0.25, 0.3) is 0 Å². The summed E-state index contributed by atoms with van der Waals surface area (Å²) < 4.78 is 0. The van der Waals surface area contributed by atoms with Crippen LogP contribution in [0, 0.1) is 0 Å². The van der Waals surface area contributed by atoms with Gasteiger partial charge >= 0.3 is 0 Å². The third-order valence-corrected chi connectivity index (χ3v) is 4.85. The highest BCUT2D eigenvalue weighted by molar-refractivity contribution is 5.96. The van der Waals surface area contributed by atoms with Crippen LogP contribution in [0.3, 0.4) is 0 Å². The summed E-state index contributed by atoms with van der Waals surface area (Å²) >= 11 is 0. The number of benzene rings is 1. The van der Waals surface area contributed by atoms with Gasteiger partial charge in [-0.25, -0.2) is 0 Å². The van der Waals surface area contributed by atoms with Gasteiger partial charge in [-0.1, -0.05) is 37.5 Å². The van der Waals surface area contributed by atoms with Gasteiger partial charge in [-0.15, -0.1) is 0 Å². The van der Waals surface area contributed by atoms with Crippen molar-refractivity contribution in [3.8, 4) is 0 Å². The Kier molecular flexibility index (Phi) is 4.59. The molecule has 1 aliphatic carbocycles. The van der Waals surface area contributed by atoms with Gasteiger partial charge in [0.1, 0.15) is 0 Å². The number of para-hydroxylation sites is 1. The number of nitrogens with one attached hydrogen (secondary N) is 1. The molecule has 1 fully saturated rings. The summed E-state index contributed by atoms with van der Waals surface area (Å²) in [6, 6.07) is 9.23. The Hall–Kier alpha value is -1.35. The molecule has 1 aromatic rings. The lowest BCUT2D eigenvalue weighted by Gasteiger charge is -2.25. The van der Waals surface area contributed by atoms with Crippen LogP contribution in [0.25, 0.3) is 0 Å². The predicted octanol–water partition coefficient (Wildman–Crippen LogP) is 3.28. The van der Waals surface area contributed by atoms with E-state index in [1.807, 2.05) is 11.0 Å². The van der Waals surface area contributed by atoms with Gasteiger partial charge in [0.05, 0.1) is 0 Å². The smallest absolute Gasteiger partial charge is 0.228 e. The van der Waals surface area contributed by atoms with Crippen molar-refractivity contribution < 1.29 is 4.79 Å². The largest absolute Gasteiger partial charge is 0.313 e. The second-order valence-electron chi connectivity index (χ2n) is 6.48. The van der Waals surface area contributed by atoms with Crippen molar-refractivity contribution in [3.05, 3.63) is 29.8 Å². The molecule has 1 aliphatic heterocycles. The van der Waals surface area contributed by atoms with E-state index in [2.05, 4.69) is 30.4 Å². The molecular weight excluding hydrogens is 260 g/mol. The quantitative estimate of drug-likeness (QED) is 0.921. The number of fused-ring (bicyclic) bond motifs is 1. The van der Waals surface area contributed by atoms with Gasteiger partial charge in [0.2, 0.25) is 5.91 Å². The van der Waals surface area contributed by atoms with Crippen LogP contribution in [0.5, 0.6) is 0 Å². The number of nitrogens with zero attached hydrogens (tertiary/aromatic N) is 1. The number of carbonyl (C=O) groups is 1. The van der Waals surface area contributed by atoms with Crippen molar-refractivity contribution in [1.82, 2.24) is 5.32 Å². The average molecular weight is 286 g/mol. The average Bonchev–Trinajstić information content (AvgIpc) is 2.84. The summed E-state index contributed by atoms with van der Waals surface area (Å²) in [5.74, 6) is 0.260. The molecule has 3 heteroatoms. The maximum absolute atomic E-state index is 12.5. The maximum atomic E-state index is 12.5. The van der Waals surface area contributed by atoms with Crippen molar-refractivity contribution in [2.75, 3.05) is 11.4 Å². The van der Waals surface area contributed by atoms with Crippen LogP contribution in [-0.4, -0.2) is 24.5 Å². The Labute approximate surface area is 127 Å². The Morgan fingerprint density at radius 1 is 1.24 bits per heavy atom. The molecule has 1 amide bonds. The van der Waals surface area contributed by atoms with E-state index in [-0.39, 0.29) is 5.91 Å². The van der Waals surface area contributed by atoms with E-state index in [9.17, 15) is 4.79 Å². The molecule has 1 aromatic carbocycles. The van der Waals surface area contributed by atoms with Gasteiger partial charge < -0.3 is 10.2 Å². The molecule has 0 spiro atoms. The lowest BCUT2D eigenvalue weighted by Crippen LogP contribution is -2.39. The summed E-state index contributed by atoms with van der Waals surface area (Å²) in [6.07, 6.45) is 8.19. The van der Waals surface area contributed by atoms with E-state index in [0.29, 0.717) is 18.5 Å². The van der Waals surface area contributed by atoms with Crippen LogP contribution in [0.15, 0.2) is 24.3 Å². The SMILES string of the molecule is CC1Cc2ccccc2N1C(=O)CCNC1CCCCC1. The summed E-state index contributed by atoms with van der Waals surface area (Å²) in [4.78, 5) is 14.5. The van der Waals surface area contributed by atoms with Crippen LogP contribution in [0.1, 0.15) is 51.0 Å². The summed E-state index contributed by atoms with van der Waals surface area (Å²) in [6.45, 7) is 2.96. The lowest BCUT2D eigenvalue weighted by atomic mass is 9.95. The first-order valence-electron chi connectivity index (χ1n) is 8.39. The van der Waals surface area contributed by atoms with Gasteiger partial charge in [-0.3, -0.25) is 4.79 Å². The lowest BCUT2D eigenvalue weighted by molar-refractivity contribution is -0.118. The summed E-state index contributed by atoms with van der Waals surface area (Å²) in [5.41, 5.74) is 2.42. The molecule has 0 radical (unpaired) electrons. The van der Waals surface area contributed by atoms with E-state index in [1.165, 1.54) is 37.7 Å². The Morgan fingerprint density at radius 3 is 2.81 bits per heavy atom. The minimum atomic E-state index is 0.260. The number of amides is 1. The van der Waals surface area contributed by atoms with E-state index in [0.717, 1.165) is 18.7 Å². The van der Waals surface area contributed by atoms with Crippen molar-refractivity contribution in [3.63, 3.8) is 0 Å². The molecule has 21 heavy (non-hydrogen) atoms. The van der Waals surface area contributed by atoms with Crippen LogP contribution in [0.2, 0.25) is 0 Å². The first-order valence-corrected chi connectivity index (χ1v) is 8.39. The highest BCUT2D eigenvalue weighted by atomic mass is 16.2. The molecule has 2 aliphatic rings. The Morgan fingerprint density at radius 2 is 2.00 bits per heavy atom. The van der Waals surface area contributed by atoms with Gasteiger partial charge in [0, 0.05) is 30.7 Å². The molecule has 3 rings (SSSR count). The third kappa shape index (κ3) is 3.29. The Balaban J connectivity index is 1.53. The highest BCUT2D eigenvalue weighted by Crippen LogP contribution is 2.32. The summed E-state index contributed by atoms with van der Waals surface area (Å²) in [7, 11) is 0. The van der Waals surface area contributed by atoms with Gasteiger partial charge in [-0.05, 0) is 37.8 Å². The molecule has 1 N–H and O–H groups in total. The zero-order chi connectivity index (χ0) is 14.7. The fraction of sp³-hybridized carbons (Fsp3) is 0.611. The number of carbonyl (C=O) groups excluding carboxylic acids is 1. The Bertz CT molecular complexity index is 494. The number of hydrogen-bond donors (Lipinski definition) is 1. The molecule has 3 nitrogen and oxygen atoms in total. The molecule has 0 saturated heterocycles. The van der Waals surface area contributed by atoms with Crippen LogP contribution < -0.4 is 10.2 Å². The highest BCUT2D eigenvalue weighted by Gasteiger charge is 2.30. The third-order valence-electron chi connectivity index (χ3n) is 4.85. The van der Waals surface area contributed by atoms with Crippen molar-refractivity contribution in [1.29, 1.82) is 0 Å². The first-order chi connectivity index (χ1) is 10.3. The van der Waals surface area contributed by atoms with Crippen LogP contribution >= 0.6 is 0 Å². The topological polar surface area (TPSA) is 32.3 Å². The molecule has 1 saturated carbocycles. The summed E-state index contributed by atoms with van der Waals surface area (Å²) in [5, 5.41) is 3.57. The standard InChI is InChI=1S/C18H26N2O/c1-14-13-15-7-5-6-10-17(15)20(14)18(21)11-12-19-16-8-3-2-4-9-16/h5-7,10,14,16,19H,2-4,8-9,11-13H2,1H3. The van der Waals surface area contributed by atoms with Gasteiger partial charge in [0.15, 0.2) is 0 Å². The van der Waals surface area contributed by atoms with Crippen LogP contribution in [0.4, 0.5) is 5.69 Å². The van der Waals surface area contributed by atoms with Crippen LogP contribution in [-0.2, 0) is 11.2 Å². The fourth-order valence-electron chi connectivity index (χ4n) is 3.76. The van der Waals surface area contributed by atoms with E-state index < -0.39 is 0 Å². The second-order valence-corrected chi connectivity index (χ2v) is 6.48. The van der Waals surface area contributed by atoms with E-state index >= 15 is 0 Å². The van der Waals surface area contributed by atoms with E-state index in [1.54, 1.807) is 0 Å². The fourth-order valence-corrected chi connectivity index (χ4v) is 3.76. The molecule has 1 atom stereocenters. The van der Waals surface area contributed by atoms with Crippen molar-refractivity contribution in [2.24, 2.45) is 0 Å². The van der Waals surface area contributed by atoms with Gasteiger partial charge in [-0.2, -0.15) is 0 Å². The minimum Gasteiger partial charge on any atom is -0.313 e. The number of hydrogen-bond acceptors (Lipinski definition) is 2. The monoisotopic (exact) mass is 286 g/mol. The minimum absolute atomic E-state index is 0.260. The molecule has 1 heterocycles. The molecule has 114 valence electrons. The van der Waals surface area contributed by atoms with Crippen molar-refractivity contribution >= 4 is 11.6 Å². The molecule has 0 aromatic heterocycles. The molecule has 1 unspecified atom stereocenters. The zero-order valence-electron chi connectivity index (χ0n) is 13.0. The first kappa shape index (κ1) is 14.6.